The first-order valence-corrected chi connectivity index (χ1v) is 11.4. The molecular formula is C22H28N2O5S. The number of methoxy groups -OCH3 is 2. The maximum atomic E-state index is 12.9. The maximum absolute atomic E-state index is 12.9. The predicted octanol–water partition coefficient (Wildman–Crippen LogP) is 3.45. The Bertz CT molecular complexity index is 1010. The summed E-state index contributed by atoms with van der Waals surface area (Å²) in [6, 6.07) is 11.7. The van der Waals surface area contributed by atoms with Gasteiger partial charge in [-0.15, -0.1) is 0 Å². The average Bonchev–Trinajstić information content (AvgIpc) is 3.55. The standard InChI is InChI=1S/C22H28N2O5S/c1-5-15(2)23-21(25)22(12-13-22)16-6-8-17(9-7-16)24-30(26,27)20-14-18(28-3)10-11-19(20)29-4/h6-11,14-15,24H,5,12-13H2,1-4H3,(H,23,25). The van der Waals surface area contributed by atoms with E-state index in [1.165, 1.54) is 20.3 Å². The molecule has 2 N–H and O–H groups in total. The molecule has 1 saturated carbocycles. The molecule has 0 saturated heterocycles. The van der Waals surface area contributed by atoms with Crippen molar-refractivity contribution in [2.45, 2.75) is 49.5 Å². The number of anilines is 1. The topological polar surface area (TPSA) is 93.7 Å². The second-order valence-electron chi connectivity index (χ2n) is 7.56. The van der Waals surface area contributed by atoms with Gasteiger partial charge in [0.25, 0.3) is 10.0 Å². The lowest BCUT2D eigenvalue weighted by Gasteiger charge is -2.19. The van der Waals surface area contributed by atoms with Crippen molar-refractivity contribution in [3.63, 3.8) is 0 Å². The Balaban J connectivity index is 1.80. The third kappa shape index (κ3) is 4.38. The fourth-order valence-electron chi connectivity index (χ4n) is 3.30. The lowest BCUT2D eigenvalue weighted by molar-refractivity contribution is -0.124. The zero-order valence-electron chi connectivity index (χ0n) is 17.7. The van der Waals surface area contributed by atoms with Crippen molar-refractivity contribution in [2.75, 3.05) is 18.9 Å². The average molecular weight is 433 g/mol. The Morgan fingerprint density at radius 3 is 2.30 bits per heavy atom. The highest BCUT2D eigenvalue weighted by Crippen LogP contribution is 2.48. The van der Waals surface area contributed by atoms with E-state index in [0.717, 1.165) is 24.8 Å². The van der Waals surface area contributed by atoms with Crippen molar-refractivity contribution >= 4 is 21.6 Å². The van der Waals surface area contributed by atoms with Crippen LogP contribution in [0.2, 0.25) is 0 Å². The van der Waals surface area contributed by atoms with Gasteiger partial charge in [-0.3, -0.25) is 9.52 Å². The molecule has 7 nitrogen and oxygen atoms in total. The van der Waals surface area contributed by atoms with Crippen LogP contribution in [-0.2, 0) is 20.2 Å². The number of ether oxygens (including phenoxy) is 2. The lowest BCUT2D eigenvalue weighted by atomic mass is 9.94. The smallest absolute Gasteiger partial charge is 0.265 e. The summed E-state index contributed by atoms with van der Waals surface area (Å²) in [5.74, 6) is 0.666. The monoisotopic (exact) mass is 432 g/mol. The van der Waals surface area contributed by atoms with E-state index in [2.05, 4.69) is 10.0 Å². The van der Waals surface area contributed by atoms with E-state index in [9.17, 15) is 13.2 Å². The summed E-state index contributed by atoms with van der Waals surface area (Å²) in [6.07, 6.45) is 2.46. The minimum atomic E-state index is -3.89. The molecule has 2 aromatic rings. The molecule has 1 atom stereocenters. The van der Waals surface area contributed by atoms with Gasteiger partial charge < -0.3 is 14.8 Å². The molecule has 3 rings (SSSR count). The Hall–Kier alpha value is -2.74. The molecule has 1 amide bonds. The summed E-state index contributed by atoms with van der Waals surface area (Å²) in [5.41, 5.74) is 0.795. The van der Waals surface area contributed by atoms with Crippen molar-refractivity contribution in [3.8, 4) is 11.5 Å². The predicted molar refractivity (Wildman–Crippen MR) is 116 cm³/mol. The van der Waals surface area contributed by atoms with Crippen LogP contribution < -0.4 is 19.5 Å². The minimum Gasteiger partial charge on any atom is -0.497 e. The molecule has 0 heterocycles. The number of carbonyl (C=O) groups is 1. The van der Waals surface area contributed by atoms with Crippen LogP contribution in [0, 0.1) is 0 Å². The number of sulfonamides is 1. The largest absolute Gasteiger partial charge is 0.497 e. The van der Waals surface area contributed by atoms with Crippen molar-refractivity contribution in [1.82, 2.24) is 5.32 Å². The summed E-state index contributed by atoms with van der Waals surface area (Å²) in [6.45, 7) is 4.02. The Morgan fingerprint density at radius 1 is 1.10 bits per heavy atom. The molecule has 1 aliphatic carbocycles. The first kappa shape index (κ1) is 22.0. The second-order valence-corrected chi connectivity index (χ2v) is 9.22. The molecule has 0 radical (unpaired) electrons. The van der Waals surface area contributed by atoms with Gasteiger partial charge in [0.15, 0.2) is 0 Å². The highest BCUT2D eigenvalue weighted by molar-refractivity contribution is 7.92. The second kappa shape index (κ2) is 8.55. The molecule has 8 heteroatoms. The molecule has 2 aromatic carbocycles. The number of rotatable bonds is 9. The van der Waals surface area contributed by atoms with Crippen LogP contribution in [0.4, 0.5) is 5.69 Å². The number of amides is 1. The number of hydrogen-bond donors (Lipinski definition) is 2. The van der Waals surface area contributed by atoms with Gasteiger partial charge >= 0.3 is 0 Å². The molecule has 162 valence electrons. The van der Waals surface area contributed by atoms with Crippen LogP contribution in [0.25, 0.3) is 0 Å². The maximum Gasteiger partial charge on any atom is 0.265 e. The number of carbonyl (C=O) groups excluding carboxylic acids is 1. The summed E-state index contributed by atoms with van der Waals surface area (Å²) in [4.78, 5) is 12.7. The number of nitrogens with one attached hydrogen (secondary N) is 2. The SMILES string of the molecule is CCC(C)NC(=O)C1(c2ccc(NS(=O)(=O)c3cc(OC)ccc3OC)cc2)CC1. The van der Waals surface area contributed by atoms with Crippen molar-refractivity contribution in [1.29, 1.82) is 0 Å². The summed E-state index contributed by atoms with van der Waals surface area (Å²) in [5, 5.41) is 3.05. The summed E-state index contributed by atoms with van der Waals surface area (Å²) >= 11 is 0. The molecule has 1 unspecified atom stereocenters. The highest BCUT2D eigenvalue weighted by atomic mass is 32.2. The molecule has 1 fully saturated rings. The van der Waals surface area contributed by atoms with Crippen molar-refractivity contribution in [2.24, 2.45) is 0 Å². The van der Waals surface area contributed by atoms with Gasteiger partial charge in [0.05, 0.1) is 19.6 Å². The van der Waals surface area contributed by atoms with Gasteiger partial charge in [-0.1, -0.05) is 19.1 Å². The van der Waals surface area contributed by atoms with Gasteiger partial charge in [-0.25, -0.2) is 8.42 Å². The van der Waals surface area contributed by atoms with Crippen LogP contribution >= 0.6 is 0 Å². The van der Waals surface area contributed by atoms with Gasteiger partial charge in [-0.2, -0.15) is 0 Å². The zero-order valence-corrected chi connectivity index (χ0v) is 18.5. The van der Waals surface area contributed by atoms with Gasteiger partial charge in [0, 0.05) is 17.8 Å². The van der Waals surface area contributed by atoms with Gasteiger partial charge in [0.1, 0.15) is 16.4 Å². The first-order valence-electron chi connectivity index (χ1n) is 9.92. The minimum absolute atomic E-state index is 0.0139. The Morgan fingerprint density at radius 2 is 1.77 bits per heavy atom. The van der Waals surface area contributed by atoms with Crippen LogP contribution in [0.15, 0.2) is 47.4 Å². The molecule has 0 aromatic heterocycles. The zero-order chi connectivity index (χ0) is 21.9. The molecule has 1 aliphatic rings. The molecule has 0 aliphatic heterocycles. The summed E-state index contributed by atoms with van der Waals surface area (Å²) in [7, 11) is -1.01. The fourth-order valence-corrected chi connectivity index (χ4v) is 4.54. The quantitative estimate of drug-likeness (QED) is 0.633. The van der Waals surface area contributed by atoms with Gasteiger partial charge in [0.2, 0.25) is 5.91 Å². The third-order valence-corrected chi connectivity index (χ3v) is 6.93. The Labute approximate surface area is 177 Å². The van der Waals surface area contributed by atoms with E-state index in [0.29, 0.717) is 11.4 Å². The van der Waals surface area contributed by atoms with E-state index in [-0.39, 0.29) is 22.6 Å². The highest BCUT2D eigenvalue weighted by Gasteiger charge is 2.51. The number of benzene rings is 2. The normalized spacial score (nSPS) is 15.7. The molecular weight excluding hydrogens is 404 g/mol. The molecule has 30 heavy (non-hydrogen) atoms. The van der Waals surface area contributed by atoms with Crippen LogP contribution in [0.5, 0.6) is 11.5 Å². The van der Waals surface area contributed by atoms with Crippen molar-refractivity contribution < 1.29 is 22.7 Å². The van der Waals surface area contributed by atoms with E-state index in [4.69, 9.17) is 9.47 Å². The lowest BCUT2D eigenvalue weighted by Crippen LogP contribution is -2.39. The van der Waals surface area contributed by atoms with Crippen LogP contribution in [0.3, 0.4) is 0 Å². The van der Waals surface area contributed by atoms with E-state index >= 15 is 0 Å². The Kier molecular flexibility index (Phi) is 6.26. The van der Waals surface area contributed by atoms with Crippen molar-refractivity contribution in [3.05, 3.63) is 48.0 Å². The third-order valence-electron chi connectivity index (χ3n) is 5.52. The van der Waals surface area contributed by atoms with Gasteiger partial charge in [-0.05, 0) is 56.0 Å². The van der Waals surface area contributed by atoms with Crippen LogP contribution in [-0.4, -0.2) is 34.6 Å². The van der Waals surface area contributed by atoms with E-state index in [1.807, 2.05) is 26.0 Å². The number of hydrogen-bond acceptors (Lipinski definition) is 5. The van der Waals surface area contributed by atoms with E-state index in [1.54, 1.807) is 24.3 Å². The van der Waals surface area contributed by atoms with E-state index < -0.39 is 15.4 Å². The van der Waals surface area contributed by atoms with Crippen LogP contribution in [0.1, 0.15) is 38.7 Å². The molecule has 0 bridgehead atoms. The molecule has 0 spiro atoms. The fraction of sp³-hybridized carbons (Fsp3) is 0.409. The first-order chi connectivity index (χ1) is 14.3. The summed E-state index contributed by atoms with van der Waals surface area (Å²) < 4.78 is 38.7.